The van der Waals surface area contributed by atoms with E-state index >= 15 is 0 Å². The van der Waals surface area contributed by atoms with Crippen LogP contribution in [-0.2, 0) is 16.1 Å². The molecule has 0 bridgehead atoms. The fourth-order valence-electron chi connectivity index (χ4n) is 1.79. The van der Waals surface area contributed by atoms with Crippen molar-refractivity contribution < 1.29 is 9.63 Å². The number of carbonyl (C=O) groups excluding carboxylic acids is 1. The van der Waals surface area contributed by atoms with E-state index < -0.39 is 0 Å². The molecule has 2 aromatic rings. The van der Waals surface area contributed by atoms with Crippen molar-refractivity contribution in [1.29, 1.82) is 0 Å². The van der Waals surface area contributed by atoms with Crippen LogP contribution in [0.2, 0.25) is 0 Å². The number of oxime groups is 1. The Morgan fingerprint density at radius 2 is 2.09 bits per heavy atom. The van der Waals surface area contributed by atoms with Crippen molar-refractivity contribution in [2.75, 3.05) is 18.2 Å². The molecular weight excluding hydrogens is 284 g/mol. The smallest absolute Gasteiger partial charge is 0.221 e. The number of nitrogens with one attached hydrogen (secondary N) is 1. The van der Waals surface area contributed by atoms with E-state index in [0.717, 1.165) is 11.3 Å². The molecule has 2 rings (SSSR count). The zero-order chi connectivity index (χ0) is 15.9. The summed E-state index contributed by atoms with van der Waals surface area (Å²) >= 11 is 0. The third-order valence-electron chi connectivity index (χ3n) is 2.80. The number of amides is 1. The van der Waals surface area contributed by atoms with Gasteiger partial charge < -0.3 is 21.6 Å². The number of rotatable bonds is 6. The van der Waals surface area contributed by atoms with Crippen LogP contribution in [-0.4, -0.2) is 29.2 Å². The van der Waals surface area contributed by atoms with Gasteiger partial charge in [0.2, 0.25) is 5.91 Å². The Hall–Kier alpha value is -3.16. The van der Waals surface area contributed by atoms with Gasteiger partial charge in [-0.2, -0.15) is 0 Å². The first kappa shape index (κ1) is 15.2. The number of hydrogen-bond acceptors (Lipinski definition) is 7. The Morgan fingerprint density at radius 1 is 1.36 bits per heavy atom. The SMILES string of the molecule is CON=Cc1c(N)ncnc1Nc1ccc(CC(N)=O)cc1. The van der Waals surface area contributed by atoms with Crippen molar-refractivity contribution >= 4 is 29.4 Å². The summed E-state index contributed by atoms with van der Waals surface area (Å²) in [5.74, 6) is 0.405. The van der Waals surface area contributed by atoms with Gasteiger partial charge in [-0.1, -0.05) is 17.3 Å². The van der Waals surface area contributed by atoms with Crippen LogP contribution >= 0.6 is 0 Å². The molecule has 0 saturated carbocycles. The van der Waals surface area contributed by atoms with E-state index in [0.29, 0.717) is 11.4 Å². The highest BCUT2D eigenvalue weighted by atomic mass is 16.6. The molecule has 1 heterocycles. The van der Waals surface area contributed by atoms with Gasteiger partial charge in [0.25, 0.3) is 0 Å². The molecule has 1 aromatic carbocycles. The molecule has 0 spiro atoms. The number of hydrogen-bond donors (Lipinski definition) is 3. The van der Waals surface area contributed by atoms with Crippen LogP contribution in [0, 0.1) is 0 Å². The van der Waals surface area contributed by atoms with Gasteiger partial charge in [-0.05, 0) is 17.7 Å². The van der Waals surface area contributed by atoms with Gasteiger partial charge in [0.15, 0.2) is 0 Å². The minimum Gasteiger partial charge on any atom is -0.399 e. The zero-order valence-electron chi connectivity index (χ0n) is 12.0. The number of carbonyl (C=O) groups is 1. The fraction of sp³-hybridized carbons (Fsp3) is 0.143. The van der Waals surface area contributed by atoms with E-state index in [1.165, 1.54) is 19.7 Å². The number of aromatic nitrogens is 2. The molecule has 0 aliphatic carbocycles. The van der Waals surface area contributed by atoms with Gasteiger partial charge in [0.1, 0.15) is 25.1 Å². The number of primary amides is 1. The Labute approximate surface area is 127 Å². The van der Waals surface area contributed by atoms with Gasteiger partial charge in [-0.15, -0.1) is 0 Å². The maximum atomic E-state index is 10.9. The summed E-state index contributed by atoms with van der Waals surface area (Å²) in [6, 6.07) is 7.24. The third kappa shape index (κ3) is 3.92. The van der Waals surface area contributed by atoms with Gasteiger partial charge in [-0.3, -0.25) is 4.79 Å². The molecule has 8 nitrogen and oxygen atoms in total. The van der Waals surface area contributed by atoms with Gasteiger partial charge in [-0.25, -0.2) is 9.97 Å². The Balaban J connectivity index is 2.21. The first-order chi connectivity index (χ1) is 10.6. The van der Waals surface area contributed by atoms with Crippen molar-refractivity contribution in [3.63, 3.8) is 0 Å². The zero-order valence-corrected chi connectivity index (χ0v) is 12.0. The van der Waals surface area contributed by atoms with Crippen LogP contribution in [0.5, 0.6) is 0 Å². The van der Waals surface area contributed by atoms with E-state index in [1.807, 2.05) is 12.1 Å². The molecule has 0 radical (unpaired) electrons. The summed E-state index contributed by atoms with van der Waals surface area (Å²) in [6.45, 7) is 0. The predicted molar refractivity (Wildman–Crippen MR) is 83.7 cm³/mol. The molecule has 0 aliphatic rings. The summed E-state index contributed by atoms with van der Waals surface area (Å²) in [6.07, 6.45) is 2.98. The molecule has 0 aliphatic heterocycles. The van der Waals surface area contributed by atoms with Crippen LogP contribution < -0.4 is 16.8 Å². The molecule has 22 heavy (non-hydrogen) atoms. The average molecular weight is 300 g/mol. The highest BCUT2D eigenvalue weighted by Gasteiger charge is 2.08. The standard InChI is InChI=1S/C14H16N6O2/c1-22-19-7-11-13(16)17-8-18-14(11)20-10-4-2-9(3-5-10)6-12(15)21/h2-5,7-8H,6H2,1H3,(H2,15,21)(H3,16,17,18,20). The predicted octanol–water partition coefficient (Wildman–Crippen LogP) is 0.810. The lowest BCUT2D eigenvalue weighted by molar-refractivity contribution is -0.117. The van der Waals surface area contributed by atoms with Crippen molar-refractivity contribution in [3.8, 4) is 0 Å². The normalized spacial score (nSPS) is 10.6. The molecule has 0 unspecified atom stereocenters. The van der Waals surface area contributed by atoms with Crippen LogP contribution in [0.4, 0.5) is 17.3 Å². The second-order valence-electron chi connectivity index (χ2n) is 4.40. The van der Waals surface area contributed by atoms with Gasteiger partial charge >= 0.3 is 0 Å². The van der Waals surface area contributed by atoms with Crippen molar-refractivity contribution in [3.05, 3.63) is 41.7 Å². The van der Waals surface area contributed by atoms with Crippen LogP contribution in [0.3, 0.4) is 0 Å². The number of nitrogens with two attached hydrogens (primary N) is 2. The number of benzene rings is 1. The van der Waals surface area contributed by atoms with E-state index in [4.69, 9.17) is 11.5 Å². The number of anilines is 3. The van der Waals surface area contributed by atoms with E-state index in [1.54, 1.807) is 12.1 Å². The first-order valence-electron chi connectivity index (χ1n) is 6.41. The van der Waals surface area contributed by atoms with Crippen molar-refractivity contribution in [2.24, 2.45) is 10.9 Å². The molecule has 5 N–H and O–H groups in total. The minimum absolute atomic E-state index is 0.201. The largest absolute Gasteiger partial charge is 0.399 e. The highest BCUT2D eigenvalue weighted by Crippen LogP contribution is 2.20. The molecule has 0 saturated heterocycles. The second kappa shape index (κ2) is 7.02. The maximum Gasteiger partial charge on any atom is 0.221 e. The lowest BCUT2D eigenvalue weighted by atomic mass is 10.1. The molecular formula is C14H16N6O2. The van der Waals surface area contributed by atoms with E-state index in [2.05, 4.69) is 25.3 Å². The molecule has 0 atom stereocenters. The maximum absolute atomic E-state index is 10.9. The van der Waals surface area contributed by atoms with Crippen molar-refractivity contribution in [1.82, 2.24) is 9.97 Å². The third-order valence-corrected chi connectivity index (χ3v) is 2.80. The van der Waals surface area contributed by atoms with Crippen LogP contribution in [0.1, 0.15) is 11.1 Å². The molecule has 1 aromatic heterocycles. The Bertz CT molecular complexity index is 684. The van der Waals surface area contributed by atoms with E-state index in [-0.39, 0.29) is 18.1 Å². The fourth-order valence-corrected chi connectivity index (χ4v) is 1.79. The summed E-state index contributed by atoms with van der Waals surface area (Å²) in [7, 11) is 1.43. The summed E-state index contributed by atoms with van der Waals surface area (Å²) in [4.78, 5) is 23.6. The number of nitrogen functional groups attached to an aromatic ring is 1. The summed E-state index contributed by atoms with van der Waals surface area (Å²) in [5.41, 5.74) is 13.1. The van der Waals surface area contributed by atoms with E-state index in [9.17, 15) is 4.79 Å². The van der Waals surface area contributed by atoms with Crippen molar-refractivity contribution in [2.45, 2.75) is 6.42 Å². The Morgan fingerprint density at radius 3 is 2.73 bits per heavy atom. The molecule has 8 heteroatoms. The summed E-state index contributed by atoms with van der Waals surface area (Å²) in [5, 5.41) is 6.78. The quantitative estimate of drug-likeness (QED) is 0.535. The highest BCUT2D eigenvalue weighted by molar-refractivity contribution is 5.92. The van der Waals surface area contributed by atoms with Crippen LogP contribution in [0.25, 0.3) is 0 Å². The molecule has 0 fully saturated rings. The number of nitrogens with zero attached hydrogens (tertiary/aromatic N) is 3. The van der Waals surface area contributed by atoms with Gasteiger partial charge in [0, 0.05) is 5.69 Å². The van der Waals surface area contributed by atoms with Gasteiger partial charge in [0.05, 0.1) is 18.2 Å². The van der Waals surface area contributed by atoms with Crippen LogP contribution in [0.15, 0.2) is 35.7 Å². The average Bonchev–Trinajstić information content (AvgIpc) is 2.48. The lowest BCUT2D eigenvalue weighted by Gasteiger charge is -2.10. The molecule has 114 valence electrons. The monoisotopic (exact) mass is 300 g/mol. The lowest BCUT2D eigenvalue weighted by Crippen LogP contribution is -2.13. The Kier molecular flexibility index (Phi) is 4.86. The second-order valence-corrected chi connectivity index (χ2v) is 4.40. The summed E-state index contributed by atoms with van der Waals surface area (Å²) < 4.78 is 0. The first-order valence-corrected chi connectivity index (χ1v) is 6.41. The molecule has 1 amide bonds. The minimum atomic E-state index is -0.373. The topological polar surface area (TPSA) is 129 Å².